The van der Waals surface area contributed by atoms with Crippen LogP contribution in [0.1, 0.15) is 0 Å². The first-order valence-electron chi connectivity index (χ1n) is 3.79. The van der Waals surface area contributed by atoms with E-state index < -0.39 is 0 Å². The molecule has 14 heavy (non-hydrogen) atoms. The zero-order valence-electron chi connectivity index (χ0n) is 6.94. The standard InChI is InChI=1S/C8H5IN4O/c9-5-4-12-7(13-8(5)14)6-10-2-1-3-11-6/h1-4H,(H,12,13,14). The SMILES string of the molecule is O=c1[nH]c(-c2ncccn2)ncc1I. The van der Waals surface area contributed by atoms with E-state index in [1.54, 1.807) is 18.5 Å². The van der Waals surface area contributed by atoms with E-state index >= 15 is 0 Å². The number of halogens is 1. The minimum absolute atomic E-state index is 0.178. The van der Waals surface area contributed by atoms with Gasteiger partial charge in [0.15, 0.2) is 11.6 Å². The monoisotopic (exact) mass is 300 g/mol. The van der Waals surface area contributed by atoms with Crippen LogP contribution >= 0.6 is 22.6 Å². The van der Waals surface area contributed by atoms with Gasteiger partial charge in [0.1, 0.15) is 0 Å². The summed E-state index contributed by atoms with van der Waals surface area (Å²) in [5.74, 6) is 0.803. The topological polar surface area (TPSA) is 71.5 Å². The lowest BCUT2D eigenvalue weighted by atomic mass is 10.5. The van der Waals surface area contributed by atoms with E-state index in [9.17, 15) is 4.79 Å². The van der Waals surface area contributed by atoms with Crippen molar-refractivity contribution in [1.82, 2.24) is 19.9 Å². The van der Waals surface area contributed by atoms with Crippen LogP contribution < -0.4 is 5.56 Å². The molecular weight excluding hydrogens is 295 g/mol. The van der Waals surface area contributed by atoms with E-state index in [1.807, 2.05) is 22.6 Å². The van der Waals surface area contributed by atoms with E-state index in [0.29, 0.717) is 15.2 Å². The Kier molecular flexibility index (Phi) is 2.53. The Morgan fingerprint density at radius 2 is 1.93 bits per heavy atom. The van der Waals surface area contributed by atoms with Crippen LogP contribution in [0.3, 0.4) is 0 Å². The van der Waals surface area contributed by atoms with Gasteiger partial charge in [-0.2, -0.15) is 0 Å². The van der Waals surface area contributed by atoms with Crippen molar-refractivity contribution in [2.75, 3.05) is 0 Å². The van der Waals surface area contributed by atoms with Crippen molar-refractivity contribution in [1.29, 1.82) is 0 Å². The Labute approximate surface area is 92.8 Å². The summed E-state index contributed by atoms with van der Waals surface area (Å²) in [6.45, 7) is 0. The molecule has 0 spiro atoms. The van der Waals surface area contributed by atoms with E-state index in [-0.39, 0.29) is 5.56 Å². The fourth-order valence-corrected chi connectivity index (χ4v) is 1.19. The maximum absolute atomic E-state index is 11.3. The number of nitrogens with zero attached hydrogens (tertiary/aromatic N) is 3. The number of aromatic amines is 1. The third-order valence-corrected chi connectivity index (χ3v) is 2.30. The maximum Gasteiger partial charge on any atom is 0.264 e. The second-order valence-electron chi connectivity index (χ2n) is 2.48. The Bertz CT molecular complexity index is 496. The van der Waals surface area contributed by atoms with Crippen molar-refractivity contribution >= 4 is 22.6 Å². The molecule has 2 heterocycles. The third-order valence-electron chi connectivity index (χ3n) is 1.53. The number of hydrogen-bond acceptors (Lipinski definition) is 4. The van der Waals surface area contributed by atoms with Crippen LogP contribution in [-0.2, 0) is 0 Å². The van der Waals surface area contributed by atoms with Crippen LogP contribution in [0.15, 0.2) is 29.5 Å². The molecule has 2 aromatic rings. The number of rotatable bonds is 1. The second-order valence-corrected chi connectivity index (χ2v) is 3.64. The molecule has 0 amide bonds. The summed E-state index contributed by atoms with van der Waals surface area (Å²) in [4.78, 5) is 25.8. The molecule has 0 aliphatic carbocycles. The molecule has 0 saturated heterocycles. The van der Waals surface area contributed by atoms with Crippen LogP contribution in [0.4, 0.5) is 0 Å². The van der Waals surface area contributed by atoms with Gasteiger partial charge in [-0.05, 0) is 28.7 Å². The molecule has 2 aromatic heterocycles. The van der Waals surface area contributed by atoms with Gasteiger partial charge < -0.3 is 4.98 Å². The van der Waals surface area contributed by atoms with Crippen LogP contribution in [-0.4, -0.2) is 19.9 Å². The van der Waals surface area contributed by atoms with Crippen molar-refractivity contribution in [3.63, 3.8) is 0 Å². The van der Waals surface area contributed by atoms with Crippen molar-refractivity contribution in [3.05, 3.63) is 38.6 Å². The Hall–Kier alpha value is -1.31. The zero-order valence-corrected chi connectivity index (χ0v) is 9.09. The molecule has 0 atom stereocenters. The summed E-state index contributed by atoms with van der Waals surface area (Å²) in [5, 5.41) is 0. The van der Waals surface area contributed by atoms with Gasteiger partial charge in [0.25, 0.3) is 5.56 Å². The average Bonchev–Trinajstić information content (AvgIpc) is 2.23. The summed E-state index contributed by atoms with van der Waals surface area (Å²) in [5.41, 5.74) is -0.178. The number of H-pyrrole nitrogens is 1. The number of aromatic nitrogens is 4. The van der Waals surface area contributed by atoms with Crippen molar-refractivity contribution in [3.8, 4) is 11.6 Å². The van der Waals surface area contributed by atoms with Gasteiger partial charge in [-0.1, -0.05) is 0 Å². The van der Waals surface area contributed by atoms with Gasteiger partial charge >= 0.3 is 0 Å². The molecule has 2 rings (SSSR count). The Morgan fingerprint density at radius 3 is 2.57 bits per heavy atom. The summed E-state index contributed by atoms with van der Waals surface area (Å²) in [6, 6.07) is 1.70. The van der Waals surface area contributed by atoms with Crippen molar-refractivity contribution in [2.45, 2.75) is 0 Å². The summed E-state index contributed by atoms with van der Waals surface area (Å²) in [7, 11) is 0. The largest absolute Gasteiger partial charge is 0.303 e. The van der Waals surface area contributed by atoms with Crippen molar-refractivity contribution in [2.24, 2.45) is 0 Å². The third kappa shape index (κ3) is 1.79. The molecular formula is C8H5IN4O. The molecule has 0 aliphatic heterocycles. The molecule has 0 saturated carbocycles. The summed E-state index contributed by atoms with van der Waals surface area (Å²) in [6.07, 6.45) is 4.69. The first kappa shape index (κ1) is 9.25. The molecule has 70 valence electrons. The molecule has 0 fully saturated rings. The number of nitrogens with one attached hydrogen (secondary N) is 1. The molecule has 0 unspecified atom stereocenters. The van der Waals surface area contributed by atoms with Gasteiger partial charge in [0.05, 0.1) is 3.57 Å². The zero-order chi connectivity index (χ0) is 9.97. The van der Waals surface area contributed by atoms with Gasteiger partial charge in [-0.25, -0.2) is 15.0 Å². The molecule has 0 radical (unpaired) electrons. The van der Waals surface area contributed by atoms with Gasteiger partial charge in [-0.3, -0.25) is 4.79 Å². The quantitative estimate of drug-likeness (QED) is 0.792. The summed E-state index contributed by atoms with van der Waals surface area (Å²) >= 11 is 1.91. The molecule has 6 heteroatoms. The predicted molar refractivity (Wildman–Crippen MR) is 58.6 cm³/mol. The molecule has 1 N–H and O–H groups in total. The van der Waals surface area contributed by atoms with E-state index in [2.05, 4.69) is 19.9 Å². The minimum atomic E-state index is -0.178. The number of hydrogen-bond donors (Lipinski definition) is 1. The molecule has 5 nitrogen and oxygen atoms in total. The Morgan fingerprint density at radius 1 is 1.21 bits per heavy atom. The van der Waals surface area contributed by atoms with Crippen LogP contribution in [0.5, 0.6) is 0 Å². The van der Waals surface area contributed by atoms with E-state index in [0.717, 1.165) is 0 Å². The highest BCUT2D eigenvalue weighted by Gasteiger charge is 2.03. The predicted octanol–water partition coefficient (Wildman–Crippen LogP) is 0.831. The molecule has 0 bridgehead atoms. The van der Waals surface area contributed by atoms with Crippen molar-refractivity contribution < 1.29 is 0 Å². The normalized spacial score (nSPS) is 10.1. The lowest BCUT2D eigenvalue weighted by molar-refractivity contribution is 1.04. The highest BCUT2D eigenvalue weighted by molar-refractivity contribution is 14.1. The highest BCUT2D eigenvalue weighted by Crippen LogP contribution is 2.04. The first-order chi connectivity index (χ1) is 6.77. The van der Waals surface area contributed by atoms with Gasteiger partial charge in [0.2, 0.25) is 0 Å². The van der Waals surface area contributed by atoms with Gasteiger partial charge in [-0.15, -0.1) is 0 Å². The lowest BCUT2D eigenvalue weighted by Crippen LogP contribution is -2.12. The summed E-state index contributed by atoms with van der Waals surface area (Å²) < 4.78 is 0.544. The van der Waals surface area contributed by atoms with Crippen LogP contribution in [0, 0.1) is 3.57 Å². The second kappa shape index (κ2) is 3.82. The maximum atomic E-state index is 11.3. The minimum Gasteiger partial charge on any atom is -0.303 e. The first-order valence-corrected chi connectivity index (χ1v) is 4.87. The fraction of sp³-hybridized carbons (Fsp3) is 0. The molecule has 0 aromatic carbocycles. The van der Waals surface area contributed by atoms with E-state index in [1.165, 1.54) is 6.20 Å². The highest BCUT2D eigenvalue weighted by atomic mass is 127. The smallest absolute Gasteiger partial charge is 0.264 e. The van der Waals surface area contributed by atoms with Crippen LogP contribution in [0.2, 0.25) is 0 Å². The van der Waals surface area contributed by atoms with Crippen LogP contribution in [0.25, 0.3) is 11.6 Å². The molecule has 0 aliphatic rings. The van der Waals surface area contributed by atoms with Gasteiger partial charge in [0, 0.05) is 18.6 Å². The Balaban J connectivity index is 2.54. The van der Waals surface area contributed by atoms with E-state index in [4.69, 9.17) is 0 Å². The fourth-order valence-electron chi connectivity index (χ4n) is 0.914. The lowest BCUT2D eigenvalue weighted by Gasteiger charge is -1.97. The average molecular weight is 300 g/mol.